The van der Waals surface area contributed by atoms with Gasteiger partial charge in [0.05, 0.1) is 12.0 Å². The first-order chi connectivity index (χ1) is 5.67. The quantitative estimate of drug-likeness (QED) is 0.534. The zero-order valence-electron chi connectivity index (χ0n) is 6.82. The van der Waals surface area contributed by atoms with Crippen LogP contribution in [0.2, 0.25) is 0 Å². The Morgan fingerprint density at radius 3 is 3.00 bits per heavy atom. The lowest BCUT2D eigenvalue weighted by Gasteiger charge is -2.40. The third-order valence-electron chi connectivity index (χ3n) is 3.67. The van der Waals surface area contributed by atoms with Gasteiger partial charge in [0, 0.05) is 5.92 Å². The molecule has 1 saturated heterocycles. The maximum atomic E-state index is 11.1. The molecule has 0 spiro atoms. The second kappa shape index (κ2) is 1.84. The van der Waals surface area contributed by atoms with Gasteiger partial charge in [0.2, 0.25) is 0 Å². The number of carbonyl (C=O) groups excluding carboxylic acids is 1. The number of fused-ring (bicyclic) bond motifs is 1. The summed E-state index contributed by atoms with van der Waals surface area (Å²) < 4.78 is 5.18. The molecule has 1 N–H and O–H groups in total. The van der Waals surface area contributed by atoms with Gasteiger partial charge in [-0.3, -0.25) is 4.79 Å². The van der Waals surface area contributed by atoms with Gasteiger partial charge in [-0.15, -0.1) is 0 Å². The third kappa shape index (κ3) is 0.678. The molecule has 12 heavy (non-hydrogen) atoms. The van der Waals surface area contributed by atoms with Crippen molar-refractivity contribution in [3.8, 4) is 0 Å². The van der Waals surface area contributed by atoms with Crippen LogP contribution < -0.4 is 0 Å². The van der Waals surface area contributed by atoms with Gasteiger partial charge in [-0.1, -0.05) is 0 Å². The highest BCUT2D eigenvalue weighted by Crippen LogP contribution is 2.55. The zero-order valence-corrected chi connectivity index (χ0v) is 6.82. The molecule has 1 heterocycles. The Labute approximate surface area is 70.7 Å². The van der Waals surface area contributed by atoms with E-state index in [0.717, 1.165) is 19.3 Å². The number of aliphatic hydroxyl groups is 1. The summed E-state index contributed by atoms with van der Waals surface area (Å²) >= 11 is 0. The summed E-state index contributed by atoms with van der Waals surface area (Å²) in [6.45, 7) is 0. The molecule has 2 bridgehead atoms. The van der Waals surface area contributed by atoms with E-state index in [4.69, 9.17) is 4.74 Å². The van der Waals surface area contributed by atoms with Crippen molar-refractivity contribution < 1.29 is 14.6 Å². The number of hydrogen-bond donors (Lipinski definition) is 1. The molecule has 2 aliphatic carbocycles. The summed E-state index contributed by atoms with van der Waals surface area (Å²) in [7, 11) is 0. The van der Waals surface area contributed by atoms with E-state index in [0.29, 0.717) is 5.92 Å². The van der Waals surface area contributed by atoms with Crippen molar-refractivity contribution in [2.24, 2.45) is 11.8 Å². The monoisotopic (exact) mass is 168 g/mol. The molecule has 0 aromatic heterocycles. The zero-order chi connectivity index (χ0) is 8.34. The van der Waals surface area contributed by atoms with Crippen molar-refractivity contribution in [3.63, 3.8) is 0 Å². The van der Waals surface area contributed by atoms with Crippen LogP contribution in [-0.2, 0) is 9.53 Å². The SMILES string of the molecule is O=C1CC2(O)CC3CC(O1)C2C3. The number of carbonyl (C=O) groups is 1. The van der Waals surface area contributed by atoms with Gasteiger partial charge < -0.3 is 9.84 Å². The van der Waals surface area contributed by atoms with Crippen LogP contribution in [0.25, 0.3) is 0 Å². The van der Waals surface area contributed by atoms with Crippen LogP contribution in [0, 0.1) is 11.8 Å². The standard InChI is InChI=1S/C9H12O3/c10-8-4-9(11)3-5-1-6(9)7(2-5)12-8/h5-7,11H,1-4H2. The molecular formula is C9H12O3. The Balaban J connectivity index is 1.99. The van der Waals surface area contributed by atoms with Crippen LogP contribution in [0.15, 0.2) is 0 Å². The van der Waals surface area contributed by atoms with Gasteiger partial charge >= 0.3 is 5.97 Å². The van der Waals surface area contributed by atoms with Crippen molar-refractivity contribution in [2.75, 3.05) is 0 Å². The fourth-order valence-corrected chi connectivity index (χ4v) is 3.28. The summed E-state index contributed by atoms with van der Waals surface area (Å²) in [4.78, 5) is 11.1. The maximum Gasteiger partial charge on any atom is 0.309 e. The normalized spacial score (nSPS) is 55.8. The molecule has 1 aliphatic heterocycles. The molecule has 2 saturated carbocycles. The summed E-state index contributed by atoms with van der Waals surface area (Å²) in [5.74, 6) is 0.650. The van der Waals surface area contributed by atoms with E-state index in [2.05, 4.69) is 0 Å². The van der Waals surface area contributed by atoms with Crippen molar-refractivity contribution in [3.05, 3.63) is 0 Å². The van der Waals surface area contributed by atoms with E-state index in [-0.39, 0.29) is 24.4 Å². The van der Waals surface area contributed by atoms with Crippen molar-refractivity contribution in [1.82, 2.24) is 0 Å². The average molecular weight is 168 g/mol. The molecule has 3 fully saturated rings. The summed E-state index contributed by atoms with van der Waals surface area (Å²) in [5, 5.41) is 10.1. The van der Waals surface area contributed by atoms with E-state index in [9.17, 15) is 9.90 Å². The molecule has 3 heteroatoms. The number of ether oxygens (including phenoxy) is 1. The molecule has 3 rings (SSSR count). The topological polar surface area (TPSA) is 46.5 Å². The van der Waals surface area contributed by atoms with Crippen LogP contribution in [0.5, 0.6) is 0 Å². The molecule has 3 aliphatic rings. The smallest absolute Gasteiger partial charge is 0.309 e. The lowest BCUT2D eigenvalue weighted by Crippen LogP contribution is -2.50. The fourth-order valence-electron chi connectivity index (χ4n) is 3.28. The average Bonchev–Trinajstić information content (AvgIpc) is 2.39. The molecule has 4 unspecified atom stereocenters. The summed E-state index contributed by atoms with van der Waals surface area (Å²) in [6, 6.07) is 0. The van der Waals surface area contributed by atoms with Crippen molar-refractivity contribution in [2.45, 2.75) is 37.4 Å². The van der Waals surface area contributed by atoms with Crippen LogP contribution in [0.3, 0.4) is 0 Å². The number of rotatable bonds is 0. The minimum absolute atomic E-state index is 0.0370. The van der Waals surface area contributed by atoms with Gasteiger partial charge in [0.25, 0.3) is 0 Å². The van der Waals surface area contributed by atoms with Gasteiger partial charge in [0.15, 0.2) is 0 Å². The fraction of sp³-hybridized carbons (Fsp3) is 0.889. The molecule has 3 nitrogen and oxygen atoms in total. The Kier molecular flexibility index (Phi) is 1.06. The molecule has 0 amide bonds. The van der Waals surface area contributed by atoms with Crippen molar-refractivity contribution in [1.29, 1.82) is 0 Å². The second-order valence-corrected chi connectivity index (χ2v) is 4.46. The lowest BCUT2D eigenvalue weighted by atomic mass is 9.78. The molecule has 4 atom stereocenters. The Hall–Kier alpha value is -0.570. The summed E-state index contributed by atoms with van der Waals surface area (Å²) in [6.07, 6.45) is 3.14. The Bertz CT molecular complexity index is 250. The van der Waals surface area contributed by atoms with Gasteiger partial charge in [-0.2, -0.15) is 0 Å². The Morgan fingerprint density at radius 2 is 2.33 bits per heavy atom. The van der Waals surface area contributed by atoms with E-state index in [1.165, 1.54) is 0 Å². The first-order valence-electron chi connectivity index (χ1n) is 4.59. The minimum atomic E-state index is -0.692. The second-order valence-electron chi connectivity index (χ2n) is 4.46. The number of esters is 1. The van der Waals surface area contributed by atoms with E-state index in [1.807, 2.05) is 0 Å². The van der Waals surface area contributed by atoms with Gasteiger partial charge in [0.1, 0.15) is 6.10 Å². The van der Waals surface area contributed by atoms with Crippen molar-refractivity contribution >= 4 is 5.97 Å². The highest BCUT2D eigenvalue weighted by Gasteiger charge is 2.59. The van der Waals surface area contributed by atoms with Crippen LogP contribution in [-0.4, -0.2) is 22.8 Å². The van der Waals surface area contributed by atoms with Crippen LogP contribution in [0.1, 0.15) is 25.7 Å². The Morgan fingerprint density at radius 1 is 1.50 bits per heavy atom. The molecule has 0 aromatic carbocycles. The minimum Gasteiger partial charge on any atom is -0.462 e. The first kappa shape index (κ1) is 6.89. The van der Waals surface area contributed by atoms with Gasteiger partial charge in [-0.05, 0) is 25.2 Å². The summed E-state index contributed by atoms with van der Waals surface area (Å²) in [5.41, 5.74) is -0.692. The lowest BCUT2D eigenvalue weighted by molar-refractivity contribution is -0.183. The predicted molar refractivity (Wildman–Crippen MR) is 40.3 cm³/mol. The predicted octanol–water partition coefficient (Wildman–Crippen LogP) is 0.463. The van der Waals surface area contributed by atoms with Gasteiger partial charge in [-0.25, -0.2) is 0 Å². The largest absolute Gasteiger partial charge is 0.462 e. The molecule has 66 valence electrons. The van der Waals surface area contributed by atoms with E-state index >= 15 is 0 Å². The number of hydrogen-bond acceptors (Lipinski definition) is 3. The van der Waals surface area contributed by atoms with E-state index < -0.39 is 5.60 Å². The highest BCUT2D eigenvalue weighted by molar-refractivity contribution is 5.72. The van der Waals surface area contributed by atoms with Crippen LogP contribution in [0.4, 0.5) is 0 Å². The van der Waals surface area contributed by atoms with E-state index in [1.54, 1.807) is 0 Å². The molecular weight excluding hydrogens is 156 g/mol. The molecule has 0 radical (unpaired) electrons. The maximum absolute atomic E-state index is 11.1. The third-order valence-corrected chi connectivity index (χ3v) is 3.67. The van der Waals surface area contributed by atoms with Crippen LogP contribution >= 0.6 is 0 Å². The molecule has 0 aromatic rings. The highest BCUT2D eigenvalue weighted by atomic mass is 16.5. The first-order valence-corrected chi connectivity index (χ1v) is 4.59.